The lowest BCUT2D eigenvalue weighted by Crippen LogP contribution is -2.50. The number of hydrogen-bond donors (Lipinski definition) is 2. The number of carbonyl (C=O) groups excluding carboxylic acids is 3. The SMILES string of the molecule is COc1ccc(C(=O)N(CC(=O)Nc2ccc(N3CCN(C(=O)Nc4ccc(C)cc4)CC3)cc2)Cc2ccccc2)cc1. The van der Waals surface area contributed by atoms with E-state index < -0.39 is 0 Å². The molecule has 4 aromatic carbocycles. The van der Waals surface area contributed by atoms with E-state index in [1.54, 1.807) is 31.4 Å². The van der Waals surface area contributed by atoms with E-state index in [1.807, 2.05) is 90.7 Å². The zero-order chi connectivity index (χ0) is 30.9. The van der Waals surface area contributed by atoms with Crippen LogP contribution in [0.15, 0.2) is 103 Å². The molecule has 1 saturated heterocycles. The van der Waals surface area contributed by atoms with Gasteiger partial charge in [0, 0.05) is 55.3 Å². The Hall–Kier alpha value is -5.31. The van der Waals surface area contributed by atoms with Gasteiger partial charge in [0.15, 0.2) is 0 Å². The molecule has 1 heterocycles. The zero-order valence-corrected chi connectivity index (χ0v) is 25.0. The van der Waals surface area contributed by atoms with Gasteiger partial charge < -0.3 is 30.1 Å². The molecule has 1 fully saturated rings. The number of benzene rings is 4. The fourth-order valence-electron chi connectivity index (χ4n) is 5.06. The van der Waals surface area contributed by atoms with E-state index in [0.29, 0.717) is 49.7 Å². The molecule has 9 heteroatoms. The van der Waals surface area contributed by atoms with E-state index in [1.165, 1.54) is 4.90 Å². The van der Waals surface area contributed by atoms with Crippen molar-refractivity contribution in [2.45, 2.75) is 13.5 Å². The second kappa shape index (κ2) is 14.2. The lowest BCUT2D eigenvalue weighted by molar-refractivity contribution is -0.117. The molecule has 0 saturated carbocycles. The molecule has 4 aromatic rings. The first-order chi connectivity index (χ1) is 21.4. The van der Waals surface area contributed by atoms with Crippen LogP contribution < -0.4 is 20.3 Å². The Morgan fingerprint density at radius 3 is 2.00 bits per heavy atom. The third-order valence-electron chi connectivity index (χ3n) is 7.56. The number of rotatable bonds is 9. The van der Waals surface area contributed by atoms with Gasteiger partial charge in [0.25, 0.3) is 5.91 Å². The van der Waals surface area contributed by atoms with Crippen molar-refractivity contribution < 1.29 is 19.1 Å². The molecule has 226 valence electrons. The number of urea groups is 1. The second-order valence-corrected chi connectivity index (χ2v) is 10.7. The summed E-state index contributed by atoms with van der Waals surface area (Å²) in [6.45, 7) is 4.83. The number of methoxy groups -OCH3 is 1. The van der Waals surface area contributed by atoms with E-state index >= 15 is 0 Å². The minimum Gasteiger partial charge on any atom is -0.497 e. The first-order valence-electron chi connectivity index (χ1n) is 14.6. The van der Waals surface area contributed by atoms with Crippen molar-refractivity contribution in [3.8, 4) is 5.75 Å². The number of amides is 4. The second-order valence-electron chi connectivity index (χ2n) is 10.7. The normalized spacial score (nSPS) is 12.8. The molecule has 1 aliphatic rings. The van der Waals surface area contributed by atoms with Crippen LogP contribution in [0.1, 0.15) is 21.5 Å². The number of piperazine rings is 1. The summed E-state index contributed by atoms with van der Waals surface area (Å²) in [7, 11) is 1.57. The summed E-state index contributed by atoms with van der Waals surface area (Å²) in [5, 5.41) is 5.89. The van der Waals surface area contributed by atoms with Crippen LogP contribution >= 0.6 is 0 Å². The van der Waals surface area contributed by atoms with Crippen LogP contribution in [0.2, 0.25) is 0 Å². The topological polar surface area (TPSA) is 94.2 Å². The predicted molar refractivity (Wildman–Crippen MR) is 173 cm³/mol. The molecule has 0 bridgehead atoms. The van der Waals surface area contributed by atoms with E-state index in [-0.39, 0.29) is 24.4 Å². The predicted octanol–water partition coefficient (Wildman–Crippen LogP) is 5.64. The van der Waals surface area contributed by atoms with Gasteiger partial charge in [-0.15, -0.1) is 0 Å². The van der Waals surface area contributed by atoms with Crippen LogP contribution in [-0.4, -0.2) is 67.5 Å². The molecule has 0 unspecified atom stereocenters. The van der Waals surface area contributed by atoms with E-state index in [0.717, 1.165) is 22.5 Å². The molecule has 0 radical (unpaired) electrons. The standard InChI is InChI=1S/C35H37N5O4/c1-26-8-12-30(13-9-26)37-35(43)39-22-20-38(21-23-39)31-16-14-29(15-17-31)36-33(41)25-40(24-27-6-4-3-5-7-27)34(42)28-10-18-32(44-2)19-11-28/h3-19H,20-25H2,1-2H3,(H,36,41)(H,37,43). The number of hydrogen-bond acceptors (Lipinski definition) is 5. The molecule has 44 heavy (non-hydrogen) atoms. The summed E-state index contributed by atoms with van der Waals surface area (Å²) < 4.78 is 5.21. The molecular formula is C35H37N5O4. The van der Waals surface area contributed by atoms with E-state index in [4.69, 9.17) is 4.74 Å². The lowest BCUT2D eigenvalue weighted by atomic mass is 10.1. The van der Waals surface area contributed by atoms with Crippen LogP contribution in [-0.2, 0) is 11.3 Å². The van der Waals surface area contributed by atoms with Crippen LogP contribution in [0.5, 0.6) is 5.75 Å². The average molecular weight is 592 g/mol. The number of nitrogens with one attached hydrogen (secondary N) is 2. The summed E-state index contributed by atoms with van der Waals surface area (Å²) in [6.07, 6.45) is 0. The number of ether oxygens (including phenoxy) is 1. The molecule has 4 amide bonds. The molecule has 1 aliphatic heterocycles. The minimum atomic E-state index is -0.288. The van der Waals surface area contributed by atoms with Gasteiger partial charge in [-0.3, -0.25) is 9.59 Å². The molecule has 0 spiro atoms. The Kier molecular flexibility index (Phi) is 9.76. The third-order valence-corrected chi connectivity index (χ3v) is 7.56. The van der Waals surface area contributed by atoms with Crippen LogP contribution in [0.3, 0.4) is 0 Å². The lowest BCUT2D eigenvalue weighted by Gasteiger charge is -2.36. The highest BCUT2D eigenvalue weighted by atomic mass is 16.5. The van der Waals surface area contributed by atoms with Crippen LogP contribution in [0, 0.1) is 6.92 Å². The van der Waals surface area contributed by atoms with Gasteiger partial charge in [-0.25, -0.2) is 4.79 Å². The maximum absolute atomic E-state index is 13.4. The van der Waals surface area contributed by atoms with Gasteiger partial charge in [0.1, 0.15) is 12.3 Å². The Balaban J connectivity index is 1.16. The first-order valence-corrected chi connectivity index (χ1v) is 14.6. The van der Waals surface area contributed by atoms with Gasteiger partial charge in [0.2, 0.25) is 5.91 Å². The van der Waals surface area contributed by atoms with Gasteiger partial charge in [-0.1, -0.05) is 48.0 Å². The van der Waals surface area contributed by atoms with Crippen molar-refractivity contribution in [3.63, 3.8) is 0 Å². The summed E-state index contributed by atoms with van der Waals surface area (Å²) >= 11 is 0. The van der Waals surface area contributed by atoms with Gasteiger partial charge in [-0.05, 0) is 73.2 Å². The van der Waals surface area contributed by atoms with E-state index in [9.17, 15) is 14.4 Å². The molecule has 9 nitrogen and oxygen atoms in total. The summed E-state index contributed by atoms with van der Waals surface area (Å²) in [4.78, 5) is 44.8. The third kappa shape index (κ3) is 7.95. The Labute approximate surface area is 258 Å². The summed E-state index contributed by atoms with van der Waals surface area (Å²) in [6, 6.07) is 31.8. The molecular weight excluding hydrogens is 554 g/mol. The number of nitrogens with zero attached hydrogens (tertiary/aromatic N) is 3. The van der Waals surface area contributed by atoms with Gasteiger partial charge in [-0.2, -0.15) is 0 Å². The summed E-state index contributed by atoms with van der Waals surface area (Å²) in [5.74, 6) is 0.125. The highest BCUT2D eigenvalue weighted by molar-refractivity contribution is 5.99. The van der Waals surface area contributed by atoms with Crippen molar-refractivity contribution in [1.29, 1.82) is 0 Å². The van der Waals surface area contributed by atoms with Crippen LogP contribution in [0.4, 0.5) is 21.9 Å². The Morgan fingerprint density at radius 2 is 1.36 bits per heavy atom. The molecule has 0 aliphatic carbocycles. The summed E-state index contributed by atoms with van der Waals surface area (Å²) in [5.41, 5.74) is 5.00. The maximum Gasteiger partial charge on any atom is 0.321 e. The number of carbonyl (C=O) groups is 3. The largest absolute Gasteiger partial charge is 0.497 e. The van der Waals surface area contributed by atoms with Crippen molar-refractivity contribution in [2.24, 2.45) is 0 Å². The van der Waals surface area contributed by atoms with Crippen molar-refractivity contribution >= 4 is 34.9 Å². The number of aryl methyl sites for hydroxylation is 1. The molecule has 2 N–H and O–H groups in total. The maximum atomic E-state index is 13.4. The fourth-order valence-corrected chi connectivity index (χ4v) is 5.06. The minimum absolute atomic E-state index is 0.0988. The van der Waals surface area contributed by atoms with Gasteiger partial charge >= 0.3 is 6.03 Å². The van der Waals surface area contributed by atoms with Crippen molar-refractivity contribution in [1.82, 2.24) is 9.80 Å². The van der Waals surface area contributed by atoms with Crippen molar-refractivity contribution in [3.05, 3.63) is 120 Å². The smallest absolute Gasteiger partial charge is 0.321 e. The van der Waals surface area contributed by atoms with Crippen LogP contribution in [0.25, 0.3) is 0 Å². The van der Waals surface area contributed by atoms with E-state index in [2.05, 4.69) is 15.5 Å². The number of anilines is 3. The fraction of sp³-hybridized carbons (Fsp3) is 0.229. The molecule has 0 atom stereocenters. The van der Waals surface area contributed by atoms with Gasteiger partial charge in [0.05, 0.1) is 7.11 Å². The monoisotopic (exact) mass is 591 g/mol. The quantitative estimate of drug-likeness (QED) is 0.263. The first kappa shape index (κ1) is 30.2. The molecule has 5 rings (SSSR count). The van der Waals surface area contributed by atoms with Crippen molar-refractivity contribution in [2.75, 3.05) is 55.4 Å². The Morgan fingerprint density at radius 1 is 0.750 bits per heavy atom. The average Bonchev–Trinajstić information content (AvgIpc) is 3.06. The molecule has 0 aromatic heterocycles. The zero-order valence-electron chi connectivity index (χ0n) is 25.0. The highest BCUT2D eigenvalue weighted by Crippen LogP contribution is 2.21. The highest BCUT2D eigenvalue weighted by Gasteiger charge is 2.22. The Bertz CT molecular complexity index is 1550.